The van der Waals surface area contributed by atoms with Gasteiger partial charge in [0, 0.05) is 56.8 Å². The standard InChI is InChI=1S/C36H45N9O5/c1-49-31-20-26-10-15-43(14-5-13-37)36(29(26)21-32(31)50-2)11-8-25(9-12-36)35(46)42-18-16-41(17-19-42)33-28-22-40-44(34(28)39-24-38-33)23-27-6-3-4-7-30(27)45(47)48/h3-4,6-7,20-22,24-25H,5,8-19,23,37H2,1-2H3/t25-,36-. The lowest BCUT2D eigenvalue weighted by atomic mass is 9.68. The molecule has 2 fully saturated rings. The number of hydrogen-bond donors (Lipinski definition) is 1. The number of benzene rings is 2. The van der Waals surface area contributed by atoms with Crippen LogP contribution in [0, 0.1) is 16.0 Å². The second-order valence-corrected chi connectivity index (χ2v) is 13.5. The fourth-order valence-electron chi connectivity index (χ4n) is 8.37. The number of carbonyl (C=O) groups excluding carboxylic acids is 1. The van der Waals surface area contributed by atoms with Crippen LogP contribution in [0.4, 0.5) is 11.5 Å². The van der Waals surface area contributed by atoms with E-state index < -0.39 is 0 Å². The molecule has 2 aromatic carbocycles. The number of nitro groups is 1. The van der Waals surface area contributed by atoms with Gasteiger partial charge in [0.2, 0.25) is 5.91 Å². The third kappa shape index (κ3) is 6.10. The number of methoxy groups -OCH3 is 2. The Labute approximate surface area is 291 Å². The van der Waals surface area contributed by atoms with E-state index in [0.717, 1.165) is 74.3 Å². The van der Waals surface area contributed by atoms with Crippen LogP contribution in [0.3, 0.4) is 0 Å². The summed E-state index contributed by atoms with van der Waals surface area (Å²) in [7, 11) is 3.36. The summed E-state index contributed by atoms with van der Waals surface area (Å²) in [6, 6.07) is 11.0. The SMILES string of the molecule is COc1cc2c(cc1OC)[C@]1(CC[C@@H](C(=O)N3CCN(c4ncnc5c4cnn5Cc4ccccc4[N+](=O)[O-])CC3)CC1)N(CCCN)CC2. The predicted molar refractivity (Wildman–Crippen MR) is 188 cm³/mol. The van der Waals surface area contributed by atoms with Gasteiger partial charge in [0.15, 0.2) is 17.1 Å². The lowest BCUT2D eigenvalue weighted by molar-refractivity contribution is -0.385. The van der Waals surface area contributed by atoms with Crippen molar-refractivity contribution in [2.45, 2.75) is 50.6 Å². The zero-order valence-corrected chi connectivity index (χ0v) is 28.8. The van der Waals surface area contributed by atoms with Gasteiger partial charge in [-0.3, -0.25) is 19.8 Å². The topological polar surface area (TPSA) is 158 Å². The average Bonchev–Trinajstić information content (AvgIpc) is 3.57. The molecule has 0 atom stereocenters. The van der Waals surface area contributed by atoms with Gasteiger partial charge in [0.25, 0.3) is 5.69 Å². The number of hydrogen-bond acceptors (Lipinski definition) is 11. The Morgan fingerprint density at radius 1 is 1.04 bits per heavy atom. The van der Waals surface area contributed by atoms with Crippen molar-refractivity contribution >= 4 is 28.4 Å². The number of ether oxygens (including phenoxy) is 2. The second kappa shape index (κ2) is 14.2. The Morgan fingerprint density at radius 2 is 1.78 bits per heavy atom. The minimum Gasteiger partial charge on any atom is -0.493 e. The Hall–Kier alpha value is -4.82. The van der Waals surface area contributed by atoms with Gasteiger partial charge < -0.3 is 25.0 Å². The summed E-state index contributed by atoms with van der Waals surface area (Å²) >= 11 is 0. The van der Waals surface area contributed by atoms with Crippen LogP contribution in [-0.4, -0.2) is 100 Å². The highest BCUT2D eigenvalue weighted by atomic mass is 16.6. The van der Waals surface area contributed by atoms with Crippen molar-refractivity contribution < 1.29 is 19.2 Å². The Morgan fingerprint density at radius 3 is 2.50 bits per heavy atom. The molecule has 1 saturated heterocycles. The van der Waals surface area contributed by atoms with E-state index in [9.17, 15) is 14.9 Å². The molecule has 3 aliphatic rings. The maximum Gasteiger partial charge on any atom is 0.274 e. The number of carbonyl (C=O) groups is 1. The maximum absolute atomic E-state index is 14.0. The molecule has 4 heterocycles. The van der Waals surface area contributed by atoms with Gasteiger partial charge in [-0.1, -0.05) is 18.2 Å². The minimum absolute atomic E-state index is 0.0138. The first-order chi connectivity index (χ1) is 24.4. The largest absolute Gasteiger partial charge is 0.493 e. The normalized spacial score (nSPS) is 21.0. The molecule has 14 nitrogen and oxygen atoms in total. The Kier molecular flexibility index (Phi) is 9.56. The molecule has 2 N–H and O–H groups in total. The molecule has 4 aromatic rings. The first-order valence-corrected chi connectivity index (χ1v) is 17.5. The van der Waals surface area contributed by atoms with Crippen molar-refractivity contribution in [1.82, 2.24) is 29.5 Å². The lowest BCUT2D eigenvalue weighted by Gasteiger charge is -2.52. The maximum atomic E-state index is 14.0. The van der Waals surface area contributed by atoms with Crippen LogP contribution in [0.5, 0.6) is 11.5 Å². The van der Waals surface area contributed by atoms with Crippen LogP contribution in [0.25, 0.3) is 11.0 Å². The number of anilines is 1. The number of nitrogens with two attached hydrogens (primary N) is 1. The van der Waals surface area contributed by atoms with Gasteiger partial charge in [-0.25, -0.2) is 14.6 Å². The summed E-state index contributed by atoms with van der Waals surface area (Å²) in [5.41, 5.74) is 9.64. The highest BCUT2D eigenvalue weighted by Crippen LogP contribution is 2.50. The summed E-state index contributed by atoms with van der Waals surface area (Å²) in [5, 5.41) is 16.9. The summed E-state index contributed by atoms with van der Waals surface area (Å²) in [6.45, 7) is 5.28. The van der Waals surface area contributed by atoms with Crippen LogP contribution in [0.15, 0.2) is 48.9 Å². The monoisotopic (exact) mass is 683 g/mol. The van der Waals surface area contributed by atoms with Crippen molar-refractivity contribution in [3.05, 3.63) is 75.7 Å². The number of piperazine rings is 1. The lowest BCUT2D eigenvalue weighted by Crippen LogP contribution is -2.55. The Bertz CT molecular complexity index is 1860. The molecular weight excluding hydrogens is 638 g/mol. The van der Waals surface area contributed by atoms with Crippen LogP contribution in [0.1, 0.15) is 48.8 Å². The number of nitrogens with zero attached hydrogens (tertiary/aromatic N) is 8. The molecule has 2 aromatic heterocycles. The molecule has 1 amide bonds. The predicted octanol–water partition coefficient (Wildman–Crippen LogP) is 3.74. The fraction of sp³-hybridized carbons (Fsp3) is 0.500. The van der Waals surface area contributed by atoms with E-state index in [4.69, 9.17) is 15.2 Å². The second-order valence-electron chi connectivity index (χ2n) is 13.5. The van der Waals surface area contributed by atoms with E-state index in [1.165, 1.54) is 23.5 Å². The molecule has 1 spiro atoms. The third-order valence-corrected chi connectivity index (χ3v) is 11.0. The molecule has 1 aliphatic carbocycles. The van der Waals surface area contributed by atoms with Crippen LogP contribution in [0.2, 0.25) is 0 Å². The molecule has 0 bridgehead atoms. The first-order valence-electron chi connectivity index (χ1n) is 17.5. The smallest absolute Gasteiger partial charge is 0.274 e. The number of nitro benzene ring substituents is 1. The van der Waals surface area contributed by atoms with E-state index in [0.29, 0.717) is 43.9 Å². The zero-order valence-electron chi connectivity index (χ0n) is 28.8. The molecular formula is C36H45N9O5. The molecule has 14 heteroatoms. The van der Waals surface area contributed by atoms with Gasteiger partial charge >= 0.3 is 0 Å². The number of fused-ring (bicyclic) bond motifs is 3. The van der Waals surface area contributed by atoms with Crippen molar-refractivity contribution in [2.24, 2.45) is 11.7 Å². The van der Waals surface area contributed by atoms with Crippen LogP contribution >= 0.6 is 0 Å². The number of rotatable bonds is 10. The quantitative estimate of drug-likeness (QED) is 0.192. The van der Waals surface area contributed by atoms with Crippen molar-refractivity contribution in [2.75, 3.05) is 64.9 Å². The molecule has 264 valence electrons. The number of para-hydroxylation sites is 1. The number of amides is 1. The van der Waals surface area contributed by atoms with Crippen LogP contribution < -0.4 is 20.1 Å². The fourth-order valence-corrected chi connectivity index (χ4v) is 8.37. The van der Waals surface area contributed by atoms with Gasteiger partial charge in [-0.2, -0.15) is 5.10 Å². The van der Waals surface area contributed by atoms with Crippen molar-refractivity contribution in [3.63, 3.8) is 0 Å². The summed E-state index contributed by atoms with van der Waals surface area (Å²) in [6.07, 6.45) is 8.60. The van der Waals surface area contributed by atoms with E-state index in [1.807, 2.05) is 4.90 Å². The highest BCUT2D eigenvalue weighted by Gasteiger charge is 2.47. The van der Waals surface area contributed by atoms with E-state index in [2.05, 4.69) is 37.0 Å². The van der Waals surface area contributed by atoms with E-state index >= 15 is 0 Å². The zero-order chi connectivity index (χ0) is 34.8. The molecule has 2 aliphatic heterocycles. The molecule has 0 radical (unpaired) electrons. The van der Waals surface area contributed by atoms with Crippen molar-refractivity contribution in [3.8, 4) is 11.5 Å². The summed E-state index contributed by atoms with van der Waals surface area (Å²) in [5.74, 6) is 2.49. The van der Waals surface area contributed by atoms with Gasteiger partial charge in [0.1, 0.15) is 12.1 Å². The Balaban J connectivity index is 1.02. The van der Waals surface area contributed by atoms with Crippen molar-refractivity contribution in [1.29, 1.82) is 0 Å². The van der Waals surface area contributed by atoms with E-state index in [-0.39, 0.29) is 34.5 Å². The highest BCUT2D eigenvalue weighted by molar-refractivity contribution is 5.87. The average molecular weight is 684 g/mol. The summed E-state index contributed by atoms with van der Waals surface area (Å²) < 4.78 is 13.0. The molecule has 1 saturated carbocycles. The molecule has 50 heavy (non-hydrogen) atoms. The molecule has 0 unspecified atom stereocenters. The minimum atomic E-state index is -0.379. The van der Waals surface area contributed by atoms with Gasteiger partial charge in [-0.15, -0.1) is 0 Å². The third-order valence-electron chi connectivity index (χ3n) is 11.0. The first kappa shape index (κ1) is 33.7. The molecule has 7 rings (SSSR count). The van der Waals surface area contributed by atoms with Crippen LogP contribution in [-0.2, 0) is 23.3 Å². The van der Waals surface area contributed by atoms with E-state index in [1.54, 1.807) is 43.3 Å². The summed E-state index contributed by atoms with van der Waals surface area (Å²) in [4.78, 5) is 41.0. The van der Waals surface area contributed by atoms with Gasteiger partial charge in [0.05, 0.1) is 42.8 Å². The number of aromatic nitrogens is 4. The van der Waals surface area contributed by atoms with Gasteiger partial charge in [-0.05, 0) is 68.3 Å².